The summed E-state index contributed by atoms with van der Waals surface area (Å²) in [6, 6.07) is 6.44. The number of amides is 1. The third kappa shape index (κ3) is 3.48. The second-order valence-corrected chi connectivity index (χ2v) is 4.71. The molecule has 0 aromatic heterocycles. The maximum absolute atomic E-state index is 12.2. The second kappa shape index (κ2) is 6.38. The summed E-state index contributed by atoms with van der Waals surface area (Å²) >= 11 is 0. The van der Waals surface area contributed by atoms with Crippen molar-refractivity contribution in [2.24, 2.45) is 0 Å². The monoisotopic (exact) mass is 279 g/mol. The van der Waals surface area contributed by atoms with Gasteiger partial charge in [-0.05, 0) is 25.0 Å². The van der Waals surface area contributed by atoms with E-state index < -0.39 is 5.97 Å². The number of piperidine rings is 1. The molecule has 0 bridgehead atoms. The number of aromatic hydroxyl groups is 1. The molecule has 0 unspecified atom stereocenters. The van der Waals surface area contributed by atoms with Gasteiger partial charge in [0.05, 0.1) is 11.7 Å². The van der Waals surface area contributed by atoms with E-state index in [2.05, 4.69) is 0 Å². The SMILES string of the molecule is O=C(O)COC1CCN(C(=O)c2ccccc2O)CC1. The highest BCUT2D eigenvalue weighted by atomic mass is 16.5. The van der Waals surface area contributed by atoms with Gasteiger partial charge in [-0.1, -0.05) is 12.1 Å². The lowest BCUT2D eigenvalue weighted by atomic mass is 10.1. The standard InChI is InChI=1S/C14H17NO5/c16-12-4-2-1-3-11(12)14(19)15-7-5-10(6-8-15)20-9-13(17)18/h1-4,10,16H,5-9H2,(H,17,18). The van der Waals surface area contributed by atoms with E-state index in [0.717, 1.165) is 0 Å². The fourth-order valence-corrected chi connectivity index (χ4v) is 2.24. The third-order valence-corrected chi connectivity index (χ3v) is 3.31. The third-order valence-electron chi connectivity index (χ3n) is 3.31. The van der Waals surface area contributed by atoms with Crippen LogP contribution in [0.25, 0.3) is 0 Å². The molecule has 0 aliphatic carbocycles. The lowest BCUT2D eigenvalue weighted by Crippen LogP contribution is -2.41. The smallest absolute Gasteiger partial charge is 0.329 e. The van der Waals surface area contributed by atoms with Crippen molar-refractivity contribution in [1.82, 2.24) is 4.90 Å². The van der Waals surface area contributed by atoms with Gasteiger partial charge in [0, 0.05) is 13.1 Å². The Bertz CT molecular complexity index is 494. The lowest BCUT2D eigenvalue weighted by Gasteiger charge is -2.31. The van der Waals surface area contributed by atoms with E-state index in [-0.39, 0.29) is 29.9 Å². The van der Waals surface area contributed by atoms with Gasteiger partial charge in [0.15, 0.2) is 0 Å². The first-order valence-corrected chi connectivity index (χ1v) is 6.48. The molecule has 6 nitrogen and oxygen atoms in total. The Kier molecular flexibility index (Phi) is 4.57. The van der Waals surface area contributed by atoms with Crippen LogP contribution in [0.15, 0.2) is 24.3 Å². The molecule has 108 valence electrons. The molecule has 2 rings (SSSR count). The normalized spacial score (nSPS) is 16.1. The Balaban J connectivity index is 1.89. The van der Waals surface area contributed by atoms with Crippen LogP contribution in [0.4, 0.5) is 0 Å². The molecule has 1 fully saturated rings. The number of carbonyl (C=O) groups is 2. The molecule has 1 aromatic rings. The number of hydrogen-bond donors (Lipinski definition) is 2. The molecule has 1 amide bonds. The van der Waals surface area contributed by atoms with Crippen molar-refractivity contribution in [2.75, 3.05) is 19.7 Å². The van der Waals surface area contributed by atoms with Crippen molar-refractivity contribution in [3.05, 3.63) is 29.8 Å². The number of phenols is 1. The largest absolute Gasteiger partial charge is 0.507 e. The summed E-state index contributed by atoms with van der Waals surface area (Å²) in [5.74, 6) is -1.22. The molecule has 0 radical (unpaired) electrons. The zero-order valence-corrected chi connectivity index (χ0v) is 11.0. The lowest BCUT2D eigenvalue weighted by molar-refractivity contribution is -0.145. The first kappa shape index (κ1) is 14.3. The van der Waals surface area contributed by atoms with Crippen LogP contribution < -0.4 is 0 Å². The highest BCUT2D eigenvalue weighted by molar-refractivity contribution is 5.96. The number of ether oxygens (including phenoxy) is 1. The van der Waals surface area contributed by atoms with E-state index in [1.54, 1.807) is 23.1 Å². The second-order valence-electron chi connectivity index (χ2n) is 4.71. The summed E-state index contributed by atoms with van der Waals surface area (Å²) in [7, 11) is 0. The summed E-state index contributed by atoms with van der Waals surface area (Å²) in [4.78, 5) is 24.3. The first-order chi connectivity index (χ1) is 9.58. The maximum atomic E-state index is 12.2. The number of aliphatic carboxylic acids is 1. The molecule has 1 saturated heterocycles. The summed E-state index contributed by atoms with van der Waals surface area (Å²) in [5.41, 5.74) is 0.289. The van der Waals surface area contributed by atoms with Crippen LogP contribution in [-0.2, 0) is 9.53 Å². The number of phenolic OH excluding ortho intramolecular Hbond substituents is 1. The molecule has 6 heteroatoms. The van der Waals surface area contributed by atoms with E-state index in [1.165, 1.54) is 6.07 Å². The summed E-state index contributed by atoms with van der Waals surface area (Å²) in [5, 5.41) is 18.2. The zero-order chi connectivity index (χ0) is 14.5. The van der Waals surface area contributed by atoms with E-state index in [4.69, 9.17) is 9.84 Å². The number of carboxylic acids is 1. The number of carbonyl (C=O) groups excluding carboxylic acids is 1. The minimum atomic E-state index is -0.988. The minimum Gasteiger partial charge on any atom is -0.507 e. The molecular weight excluding hydrogens is 262 g/mol. The van der Waals surface area contributed by atoms with E-state index >= 15 is 0 Å². The van der Waals surface area contributed by atoms with Crippen LogP contribution in [0.5, 0.6) is 5.75 Å². The number of nitrogens with zero attached hydrogens (tertiary/aromatic N) is 1. The molecule has 1 aliphatic rings. The fraction of sp³-hybridized carbons (Fsp3) is 0.429. The van der Waals surface area contributed by atoms with Crippen LogP contribution in [0.1, 0.15) is 23.2 Å². The first-order valence-electron chi connectivity index (χ1n) is 6.48. The molecule has 1 aliphatic heterocycles. The molecule has 1 aromatic carbocycles. The Morgan fingerprint density at radius 3 is 2.50 bits per heavy atom. The van der Waals surface area contributed by atoms with Crippen LogP contribution in [-0.4, -0.2) is 52.8 Å². The van der Waals surface area contributed by atoms with Crippen molar-refractivity contribution >= 4 is 11.9 Å². The van der Waals surface area contributed by atoms with E-state index in [1.807, 2.05) is 0 Å². The van der Waals surface area contributed by atoms with Gasteiger partial charge in [-0.15, -0.1) is 0 Å². The van der Waals surface area contributed by atoms with Gasteiger partial charge in [-0.2, -0.15) is 0 Å². The molecular formula is C14H17NO5. The van der Waals surface area contributed by atoms with Crippen molar-refractivity contribution in [3.8, 4) is 5.75 Å². The van der Waals surface area contributed by atoms with Gasteiger partial charge >= 0.3 is 5.97 Å². The van der Waals surface area contributed by atoms with Gasteiger partial charge in [-0.25, -0.2) is 4.79 Å². The number of para-hydroxylation sites is 1. The number of carboxylic acid groups (broad SMARTS) is 1. The average Bonchev–Trinajstić information content (AvgIpc) is 2.45. The highest BCUT2D eigenvalue weighted by Crippen LogP contribution is 2.21. The number of rotatable bonds is 4. The fourth-order valence-electron chi connectivity index (χ4n) is 2.24. The van der Waals surface area contributed by atoms with Gasteiger partial charge in [0.25, 0.3) is 5.91 Å². The molecule has 20 heavy (non-hydrogen) atoms. The summed E-state index contributed by atoms with van der Waals surface area (Å²) in [6.07, 6.45) is 1.08. The molecule has 0 saturated carbocycles. The van der Waals surface area contributed by atoms with Gasteiger partial charge in [-0.3, -0.25) is 4.79 Å². The Morgan fingerprint density at radius 1 is 1.25 bits per heavy atom. The van der Waals surface area contributed by atoms with Gasteiger partial charge in [0.2, 0.25) is 0 Å². The van der Waals surface area contributed by atoms with E-state index in [9.17, 15) is 14.7 Å². The Hall–Kier alpha value is -2.08. The minimum absolute atomic E-state index is 0.0262. The van der Waals surface area contributed by atoms with Crippen molar-refractivity contribution in [2.45, 2.75) is 18.9 Å². The van der Waals surface area contributed by atoms with Crippen LogP contribution in [0, 0.1) is 0 Å². The summed E-state index contributed by atoms with van der Waals surface area (Å²) < 4.78 is 5.21. The highest BCUT2D eigenvalue weighted by Gasteiger charge is 2.25. The quantitative estimate of drug-likeness (QED) is 0.861. The van der Waals surface area contributed by atoms with Crippen LogP contribution in [0.2, 0.25) is 0 Å². The number of likely N-dealkylation sites (tertiary alicyclic amines) is 1. The van der Waals surface area contributed by atoms with Crippen molar-refractivity contribution < 1.29 is 24.5 Å². The maximum Gasteiger partial charge on any atom is 0.329 e. The Morgan fingerprint density at radius 2 is 1.90 bits per heavy atom. The average molecular weight is 279 g/mol. The Labute approximate surface area is 116 Å². The summed E-state index contributed by atoms with van der Waals surface area (Å²) in [6.45, 7) is 0.687. The van der Waals surface area contributed by atoms with Crippen molar-refractivity contribution in [1.29, 1.82) is 0 Å². The van der Waals surface area contributed by atoms with Crippen LogP contribution >= 0.6 is 0 Å². The number of benzene rings is 1. The molecule has 0 atom stereocenters. The van der Waals surface area contributed by atoms with Gasteiger partial charge in [0.1, 0.15) is 12.4 Å². The molecule has 1 heterocycles. The van der Waals surface area contributed by atoms with Gasteiger partial charge < -0.3 is 19.8 Å². The zero-order valence-electron chi connectivity index (χ0n) is 11.0. The molecule has 2 N–H and O–H groups in total. The predicted octanol–water partition coefficient (Wildman–Crippen LogP) is 1.10. The van der Waals surface area contributed by atoms with Crippen molar-refractivity contribution in [3.63, 3.8) is 0 Å². The number of hydrogen-bond acceptors (Lipinski definition) is 4. The predicted molar refractivity (Wildman–Crippen MR) is 70.6 cm³/mol. The topological polar surface area (TPSA) is 87.1 Å². The van der Waals surface area contributed by atoms with Crippen LogP contribution in [0.3, 0.4) is 0 Å². The van der Waals surface area contributed by atoms with E-state index in [0.29, 0.717) is 25.9 Å². The molecule has 0 spiro atoms.